The van der Waals surface area contributed by atoms with Crippen LogP contribution in [0.3, 0.4) is 0 Å². The van der Waals surface area contributed by atoms with Gasteiger partial charge in [0, 0.05) is 28.9 Å². The normalized spacial score (nSPS) is 15.5. The van der Waals surface area contributed by atoms with Crippen LogP contribution in [0.1, 0.15) is 31.2 Å². The van der Waals surface area contributed by atoms with Crippen LogP contribution in [-0.2, 0) is 6.54 Å². The Morgan fingerprint density at radius 1 is 1.10 bits per heavy atom. The van der Waals surface area contributed by atoms with Crippen LogP contribution in [-0.4, -0.2) is 11.0 Å². The fourth-order valence-electron chi connectivity index (χ4n) is 2.83. The van der Waals surface area contributed by atoms with Gasteiger partial charge in [-0.05, 0) is 36.6 Å². The van der Waals surface area contributed by atoms with E-state index in [1.54, 1.807) is 0 Å². The van der Waals surface area contributed by atoms with E-state index in [-0.39, 0.29) is 5.56 Å². The number of aromatic nitrogens is 1. The fourth-order valence-corrected chi connectivity index (χ4v) is 2.95. The number of halogens is 1. The second-order valence-corrected chi connectivity index (χ2v) is 6.03. The molecule has 1 heterocycles. The minimum absolute atomic E-state index is 0.0204. The van der Waals surface area contributed by atoms with Crippen molar-refractivity contribution < 1.29 is 0 Å². The SMILES string of the molecule is O=c1[nH]c(-c2ccc(Cl)cc2)ccc1CNC1CCCC1. The Morgan fingerprint density at radius 3 is 2.48 bits per heavy atom. The molecular weight excluding hydrogens is 284 g/mol. The highest BCUT2D eigenvalue weighted by Crippen LogP contribution is 2.19. The van der Waals surface area contributed by atoms with Crippen LogP contribution in [0.5, 0.6) is 0 Å². The minimum Gasteiger partial charge on any atom is -0.322 e. The van der Waals surface area contributed by atoms with E-state index in [0.29, 0.717) is 17.6 Å². The maximum Gasteiger partial charge on any atom is 0.252 e. The molecular formula is C17H19ClN2O. The largest absolute Gasteiger partial charge is 0.322 e. The van der Waals surface area contributed by atoms with Crippen LogP contribution >= 0.6 is 11.6 Å². The standard InChI is InChI=1S/C17H19ClN2O/c18-14-8-5-12(6-9-14)16-10-7-13(17(21)20-16)11-19-15-3-1-2-4-15/h5-10,15,19H,1-4,11H2,(H,20,21). The molecule has 3 nitrogen and oxygen atoms in total. The van der Waals surface area contributed by atoms with Crippen molar-refractivity contribution in [1.82, 2.24) is 10.3 Å². The second kappa shape index (κ2) is 6.46. The molecule has 0 radical (unpaired) electrons. The average molecular weight is 303 g/mol. The lowest BCUT2D eigenvalue weighted by molar-refractivity contribution is 0.522. The molecule has 0 unspecified atom stereocenters. The molecule has 2 N–H and O–H groups in total. The minimum atomic E-state index is -0.0204. The van der Waals surface area contributed by atoms with Gasteiger partial charge in [-0.3, -0.25) is 4.79 Å². The average Bonchev–Trinajstić information content (AvgIpc) is 3.00. The Hall–Kier alpha value is -1.58. The van der Waals surface area contributed by atoms with Crippen molar-refractivity contribution in [3.05, 3.63) is 57.3 Å². The predicted octanol–water partition coefficient (Wildman–Crippen LogP) is 3.73. The van der Waals surface area contributed by atoms with E-state index in [4.69, 9.17) is 11.6 Å². The number of hydrogen-bond acceptors (Lipinski definition) is 2. The molecule has 1 saturated carbocycles. The lowest BCUT2D eigenvalue weighted by Gasteiger charge is -2.11. The maximum atomic E-state index is 12.2. The van der Waals surface area contributed by atoms with Crippen LogP contribution < -0.4 is 10.9 Å². The number of aromatic amines is 1. The summed E-state index contributed by atoms with van der Waals surface area (Å²) >= 11 is 5.88. The number of benzene rings is 1. The summed E-state index contributed by atoms with van der Waals surface area (Å²) in [4.78, 5) is 15.1. The van der Waals surface area contributed by atoms with Crippen molar-refractivity contribution in [1.29, 1.82) is 0 Å². The van der Waals surface area contributed by atoms with Gasteiger partial charge in [0.15, 0.2) is 0 Å². The summed E-state index contributed by atoms with van der Waals surface area (Å²) in [6.45, 7) is 0.640. The number of rotatable bonds is 4. The molecule has 21 heavy (non-hydrogen) atoms. The van der Waals surface area contributed by atoms with Gasteiger partial charge in [0.25, 0.3) is 5.56 Å². The zero-order chi connectivity index (χ0) is 14.7. The molecule has 0 saturated heterocycles. The first kappa shape index (κ1) is 14.4. The van der Waals surface area contributed by atoms with Crippen molar-refractivity contribution in [2.45, 2.75) is 38.3 Å². The zero-order valence-electron chi connectivity index (χ0n) is 11.9. The van der Waals surface area contributed by atoms with Gasteiger partial charge in [0.05, 0.1) is 0 Å². The summed E-state index contributed by atoms with van der Waals surface area (Å²) in [5.41, 5.74) is 2.56. The highest BCUT2D eigenvalue weighted by atomic mass is 35.5. The van der Waals surface area contributed by atoms with Gasteiger partial charge in [-0.1, -0.05) is 42.6 Å². The van der Waals surface area contributed by atoms with Gasteiger partial charge in [0.2, 0.25) is 0 Å². The van der Waals surface area contributed by atoms with Crippen LogP contribution in [0, 0.1) is 0 Å². The number of nitrogens with one attached hydrogen (secondary N) is 2. The van der Waals surface area contributed by atoms with Crippen molar-refractivity contribution in [3.63, 3.8) is 0 Å². The fraction of sp³-hybridized carbons (Fsp3) is 0.353. The smallest absolute Gasteiger partial charge is 0.252 e. The first-order valence-electron chi connectivity index (χ1n) is 7.44. The molecule has 1 aromatic carbocycles. The molecule has 0 atom stereocenters. The van der Waals surface area contributed by atoms with Gasteiger partial charge in [-0.15, -0.1) is 0 Å². The quantitative estimate of drug-likeness (QED) is 0.904. The molecule has 0 amide bonds. The summed E-state index contributed by atoms with van der Waals surface area (Å²) in [5.74, 6) is 0. The van der Waals surface area contributed by atoms with Gasteiger partial charge >= 0.3 is 0 Å². The predicted molar refractivity (Wildman–Crippen MR) is 86.6 cm³/mol. The molecule has 0 bridgehead atoms. The topological polar surface area (TPSA) is 44.9 Å². The van der Waals surface area contributed by atoms with Crippen LogP contribution in [0.2, 0.25) is 5.02 Å². The number of pyridine rings is 1. The van der Waals surface area contributed by atoms with Gasteiger partial charge in [-0.2, -0.15) is 0 Å². The Morgan fingerprint density at radius 2 is 1.81 bits per heavy atom. The van der Waals surface area contributed by atoms with Crippen LogP contribution in [0.15, 0.2) is 41.2 Å². The van der Waals surface area contributed by atoms with E-state index >= 15 is 0 Å². The number of hydrogen-bond donors (Lipinski definition) is 2. The van der Waals surface area contributed by atoms with Crippen molar-refractivity contribution >= 4 is 11.6 Å². The van der Waals surface area contributed by atoms with Crippen LogP contribution in [0.4, 0.5) is 0 Å². The van der Waals surface area contributed by atoms with Gasteiger partial charge in [0.1, 0.15) is 0 Å². The highest BCUT2D eigenvalue weighted by Gasteiger charge is 2.14. The van der Waals surface area contributed by atoms with E-state index in [1.165, 1.54) is 25.7 Å². The molecule has 1 fully saturated rings. The molecule has 1 aliphatic carbocycles. The van der Waals surface area contributed by atoms with E-state index in [1.807, 2.05) is 36.4 Å². The molecule has 110 valence electrons. The summed E-state index contributed by atoms with van der Waals surface area (Å²) in [7, 11) is 0. The second-order valence-electron chi connectivity index (χ2n) is 5.60. The first-order valence-corrected chi connectivity index (χ1v) is 7.82. The number of H-pyrrole nitrogens is 1. The summed E-state index contributed by atoms with van der Waals surface area (Å²) in [6, 6.07) is 11.9. The third-order valence-corrected chi connectivity index (χ3v) is 4.33. The lowest BCUT2D eigenvalue weighted by atomic mass is 10.1. The van der Waals surface area contributed by atoms with Crippen molar-refractivity contribution in [3.8, 4) is 11.3 Å². The summed E-state index contributed by atoms with van der Waals surface area (Å²) in [5, 5.41) is 4.16. The summed E-state index contributed by atoms with van der Waals surface area (Å²) < 4.78 is 0. The Labute approximate surface area is 129 Å². The van der Waals surface area contributed by atoms with Crippen molar-refractivity contribution in [2.24, 2.45) is 0 Å². The zero-order valence-corrected chi connectivity index (χ0v) is 12.6. The molecule has 4 heteroatoms. The Balaban J connectivity index is 1.73. The highest BCUT2D eigenvalue weighted by molar-refractivity contribution is 6.30. The lowest BCUT2D eigenvalue weighted by Crippen LogP contribution is -2.28. The van der Waals surface area contributed by atoms with E-state index in [2.05, 4.69) is 10.3 Å². The third-order valence-electron chi connectivity index (χ3n) is 4.08. The third kappa shape index (κ3) is 3.55. The van der Waals surface area contributed by atoms with E-state index < -0.39 is 0 Å². The Kier molecular flexibility index (Phi) is 4.42. The van der Waals surface area contributed by atoms with Crippen LogP contribution in [0.25, 0.3) is 11.3 Å². The molecule has 2 aromatic rings. The molecule has 1 aliphatic rings. The monoisotopic (exact) mass is 302 g/mol. The van der Waals surface area contributed by atoms with Gasteiger partial charge < -0.3 is 10.3 Å². The van der Waals surface area contributed by atoms with E-state index in [9.17, 15) is 4.79 Å². The van der Waals surface area contributed by atoms with E-state index in [0.717, 1.165) is 16.8 Å². The van der Waals surface area contributed by atoms with Gasteiger partial charge in [-0.25, -0.2) is 0 Å². The molecule has 1 aromatic heterocycles. The maximum absolute atomic E-state index is 12.2. The van der Waals surface area contributed by atoms with Crippen molar-refractivity contribution in [2.75, 3.05) is 0 Å². The Bertz CT molecular complexity index is 657. The molecule has 0 spiro atoms. The first-order chi connectivity index (χ1) is 10.2. The summed E-state index contributed by atoms with van der Waals surface area (Å²) in [6.07, 6.45) is 5.04. The molecule has 3 rings (SSSR count). The molecule has 0 aliphatic heterocycles.